The summed E-state index contributed by atoms with van der Waals surface area (Å²) < 4.78 is 36.0. The fourth-order valence-electron chi connectivity index (χ4n) is 2.04. The second-order valence-corrected chi connectivity index (χ2v) is 8.36. The zero-order valence-electron chi connectivity index (χ0n) is 11.3. The zero-order chi connectivity index (χ0) is 13.2. The maximum atomic E-state index is 14.6. The Balaban J connectivity index is 2.68. The van der Waals surface area contributed by atoms with Crippen molar-refractivity contribution >= 4 is 9.73 Å². The van der Waals surface area contributed by atoms with E-state index in [1.54, 1.807) is 7.11 Å². The minimum absolute atomic E-state index is 0.353. The smallest absolute Gasteiger partial charge is 0.117 e. The molecule has 1 heterocycles. The van der Waals surface area contributed by atoms with Crippen molar-refractivity contribution in [3.63, 3.8) is 0 Å². The number of nitrogens with zero attached hydrogens (tertiary/aromatic N) is 1. The van der Waals surface area contributed by atoms with E-state index >= 15 is 0 Å². The van der Waals surface area contributed by atoms with Crippen molar-refractivity contribution in [3.05, 3.63) is 0 Å². The van der Waals surface area contributed by atoms with E-state index in [0.29, 0.717) is 37.5 Å². The van der Waals surface area contributed by atoms with Crippen molar-refractivity contribution in [2.24, 2.45) is 9.78 Å². The average molecular weight is 265 g/mol. The molecule has 1 saturated heterocycles. The summed E-state index contributed by atoms with van der Waals surface area (Å²) in [5.74, 6) is 0.759. The highest BCUT2D eigenvalue weighted by Gasteiger charge is 2.45. The molecular formula is C12H24FNO2S. The molecule has 0 aromatic heterocycles. The Kier molecular flexibility index (Phi) is 4.58. The van der Waals surface area contributed by atoms with Crippen LogP contribution in [-0.4, -0.2) is 41.6 Å². The normalized spacial score (nSPS) is 34.6. The molecule has 0 amide bonds. The van der Waals surface area contributed by atoms with Gasteiger partial charge in [-0.15, -0.1) is 0 Å². The molecule has 1 rings (SSSR count). The lowest BCUT2D eigenvalue weighted by atomic mass is 9.74. The summed E-state index contributed by atoms with van der Waals surface area (Å²) in [6, 6.07) is 0. The van der Waals surface area contributed by atoms with E-state index in [2.05, 4.69) is 4.36 Å². The van der Waals surface area contributed by atoms with Crippen molar-refractivity contribution < 1.29 is 13.3 Å². The van der Waals surface area contributed by atoms with Gasteiger partial charge in [-0.05, 0) is 18.3 Å². The summed E-state index contributed by atoms with van der Waals surface area (Å²) in [6.45, 7) is 6.65. The van der Waals surface area contributed by atoms with E-state index in [1.165, 1.54) is 0 Å². The van der Waals surface area contributed by atoms with Crippen LogP contribution in [0.3, 0.4) is 0 Å². The SMILES string of the molecule is COCCN=S1(=O)CCC(F)(C(C)(C)C)CC1. The summed E-state index contributed by atoms with van der Waals surface area (Å²) in [7, 11) is -0.596. The molecule has 0 aliphatic carbocycles. The van der Waals surface area contributed by atoms with Crippen LogP contribution in [0.5, 0.6) is 0 Å². The summed E-state index contributed by atoms with van der Waals surface area (Å²) in [6.07, 6.45) is 0.706. The van der Waals surface area contributed by atoms with Gasteiger partial charge in [-0.2, -0.15) is 0 Å². The first kappa shape index (κ1) is 14.9. The maximum Gasteiger partial charge on any atom is 0.117 e. The molecule has 1 aliphatic rings. The van der Waals surface area contributed by atoms with Crippen LogP contribution in [0, 0.1) is 5.41 Å². The largest absolute Gasteiger partial charge is 0.383 e. The van der Waals surface area contributed by atoms with Gasteiger partial charge in [0, 0.05) is 28.3 Å². The van der Waals surface area contributed by atoms with E-state index in [-0.39, 0.29) is 5.41 Å². The van der Waals surface area contributed by atoms with Gasteiger partial charge in [-0.1, -0.05) is 20.8 Å². The van der Waals surface area contributed by atoms with Crippen molar-refractivity contribution in [1.29, 1.82) is 0 Å². The number of rotatable bonds is 3. The van der Waals surface area contributed by atoms with Crippen molar-refractivity contribution in [2.45, 2.75) is 39.3 Å². The Morgan fingerprint density at radius 3 is 2.29 bits per heavy atom. The number of hydrogen-bond acceptors (Lipinski definition) is 3. The van der Waals surface area contributed by atoms with Gasteiger partial charge in [0.2, 0.25) is 0 Å². The molecule has 102 valence electrons. The number of alkyl halides is 1. The minimum atomic E-state index is -2.19. The minimum Gasteiger partial charge on any atom is -0.383 e. The predicted molar refractivity (Wildman–Crippen MR) is 69.6 cm³/mol. The van der Waals surface area contributed by atoms with Crippen molar-refractivity contribution in [2.75, 3.05) is 31.8 Å². The quantitative estimate of drug-likeness (QED) is 0.736. The highest BCUT2D eigenvalue weighted by Crippen LogP contribution is 2.43. The second kappa shape index (κ2) is 5.22. The fraction of sp³-hybridized carbons (Fsp3) is 1.00. The molecule has 0 N–H and O–H groups in total. The van der Waals surface area contributed by atoms with Gasteiger partial charge in [-0.25, -0.2) is 13.0 Å². The first-order valence-electron chi connectivity index (χ1n) is 6.09. The van der Waals surface area contributed by atoms with Gasteiger partial charge in [0.1, 0.15) is 5.67 Å². The van der Waals surface area contributed by atoms with E-state index in [9.17, 15) is 8.60 Å². The number of hydrogen-bond donors (Lipinski definition) is 0. The standard InChI is InChI=1S/C12H24FNO2S/c1-11(2,3)12(13)5-9-17(15,10-6-12)14-7-8-16-4/h5-10H2,1-4H3. The molecule has 0 aromatic rings. The van der Waals surface area contributed by atoms with E-state index < -0.39 is 15.4 Å². The molecule has 3 nitrogen and oxygen atoms in total. The van der Waals surface area contributed by atoms with Crippen LogP contribution in [0.15, 0.2) is 4.36 Å². The van der Waals surface area contributed by atoms with Gasteiger partial charge in [-0.3, -0.25) is 0 Å². The third-order valence-electron chi connectivity index (χ3n) is 3.60. The number of ether oxygens (including phenoxy) is 1. The Hall–Kier alpha value is -0.160. The van der Waals surface area contributed by atoms with Crippen LogP contribution >= 0.6 is 0 Å². The van der Waals surface area contributed by atoms with Crippen LogP contribution in [0.1, 0.15) is 33.6 Å². The molecule has 0 spiro atoms. The van der Waals surface area contributed by atoms with Gasteiger partial charge in [0.15, 0.2) is 0 Å². The summed E-state index contributed by atoms with van der Waals surface area (Å²) in [5, 5.41) is 0. The van der Waals surface area contributed by atoms with E-state index in [0.717, 1.165) is 0 Å². The maximum absolute atomic E-state index is 14.6. The average Bonchev–Trinajstić information content (AvgIpc) is 2.22. The summed E-state index contributed by atoms with van der Waals surface area (Å²) in [5.41, 5.74) is -1.59. The van der Waals surface area contributed by atoms with Crippen LogP contribution in [0.4, 0.5) is 4.39 Å². The van der Waals surface area contributed by atoms with Gasteiger partial charge < -0.3 is 4.74 Å². The molecule has 17 heavy (non-hydrogen) atoms. The molecule has 0 aromatic carbocycles. The highest BCUT2D eigenvalue weighted by molar-refractivity contribution is 7.93. The first-order chi connectivity index (χ1) is 7.72. The molecule has 0 bridgehead atoms. The van der Waals surface area contributed by atoms with Crippen LogP contribution in [-0.2, 0) is 14.5 Å². The highest BCUT2D eigenvalue weighted by atomic mass is 32.2. The van der Waals surface area contributed by atoms with Gasteiger partial charge >= 0.3 is 0 Å². The molecular weight excluding hydrogens is 241 g/mol. The molecule has 0 radical (unpaired) electrons. The van der Waals surface area contributed by atoms with Crippen molar-refractivity contribution in [1.82, 2.24) is 0 Å². The van der Waals surface area contributed by atoms with Crippen LogP contribution in [0.2, 0.25) is 0 Å². The Labute approximate surface area is 104 Å². The lowest BCUT2D eigenvalue weighted by molar-refractivity contribution is 0.0200. The van der Waals surface area contributed by atoms with E-state index in [1.807, 2.05) is 20.8 Å². The lowest BCUT2D eigenvalue weighted by Gasteiger charge is -2.41. The monoisotopic (exact) mass is 265 g/mol. The lowest BCUT2D eigenvalue weighted by Crippen LogP contribution is -2.45. The summed E-state index contributed by atoms with van der Waals surface area (Å²) >= 11 is 0. The van der Waals surface area contributed by atoms with E-state index in [4.69, 9.17) is 4.74 Å². The molecule has 0 saturated carbocycles. The molecule has 5 heteroatoms. The fourth-order valence-corrected chi connectivity index (χ4v) is 4.20. The predicted octanol–water partition coefficient (Wildman–Crippen LogP) is 2.65. The third kappa shape index (κ3) is 3.65. The zero-order valence-corrected chi connectivity index (χ0v) is 12.1. The molecule has 0 unspecified atom stereocenters. The van der Waals surface area contributed by atoms with Crippen LogP contribution in [0.25, 0.3) is 0 Å². The van der Waals surface area contributed by atoms with Crippen LogP contribution < -0.4 is 0 Å². The van der Waals surface area contributed by atoms with Gasteiger partial charge in [0.05, 0.1) is 13.2 Å². The molecule has 1 fully saturated rings. The second-order valence-electron chi connectivity index (χ2n) is 5.74. The van der Waals surface area contributed by atoms with Gasteiger partial charge in [0.25, 0.3) is 0 Å². The Morgan fingerprint density at radius 2 is 1.88 bits per heavy atom. The van der Waals surface area contributed by atoms with Crippen molar-refractivity contribution in [3.8, 4) is 0 Å². The molecule has 1 aliphatic heterocycles. The topological polar surface area (TPSA) is 38.7 Å². The summed E-state index contributed by atoms with van der Waals surface area (Å²) in [4.78, 5) is 0. The first-order valence-corrected chi connectivity index (χ1v) is 7.94. The third-order valence-corrected chi connectivity index (χ3v) is 5.94. The Bertz CT molecular complexity index is 353. The number of methoxy groups -OCH3 is 1. The Morgan fingerprint density at radius 1 is 1.35 bits per heavy atom. The number of halogens is 1. The molecule has 0 atom stereocenters.